The summed E-state index contributed by atoms with van der Waals surface area (Å²) < 4.78 is 61.4. The van der Waals surface area contributed by atoms with E-state index < -0.39 is 30.0 Å². The van der Waals surface area contributed by atoms with Gasteiger partial charge in [0, 0.05) is 12.1 Å². The molecule has 0 aromatic heterocycles. The topological polar surface area (TPSA) is 35.5 Å². The summed E-state index contributed by atoms with van der Waals surface area (Å²) >= 11 is 0. The Hall–Kier alpha value is -1.79. The van der Waals surface area contributed by atoms with E-state index in [1.165, 1.54) is 51.4 Å². The molecule has 0 N–H and O–H groups in total. The van der Waals surface area contributed by atoms with Crippen molar-refractivity contribution in [2.24, 2.45) is 35.5 Å². The van der Waals surface area contributed by atoms with Gasteiger partial charge in [0.15, 0.2) is 17.4 Å². The second-order valence-electron chi connectivity index (χ2n) is 10.7. The number of hydrogen-bond acceptors (Lipinski definition) is 3. The highest BCUT2D eigenvalue weighted by Gasteiger charge is 2.39. The molecule has 1 aromatic rings. The largest absolute Gasteiger partial charge is 0.429 e. The van der Waals surface area contributed by atoms with Gasteiger partial charge in [0.25, 0.3) is 0 Å². The number of carbonyl (C=O) groups excluding carboxylic acids is 1. The number of ether oxygens (including phenoxy) is 2. The summed E-state index contributed by atoms with van der Waals surface area (Å²) in [6, 6.07) is 1.41. The maximum absolute atomic E-state index is 13.9. The van der Waals surface area contributed by atoms with Crippen molar-refractivity contribution in [1.82, 2.24) is 0 Å². The first-order chi connectivity index (χ1) is 16.3. The van der Waals surface area contributed by atoms with Crippen molar-refractivity contribution >= 4 is 5.97 Å². The van der Waals surface area contributed by atoms with E-state index in [9.17, 15) is 22.4 Å². The molecule has 3 aliphatic carbocycles. The molecule has 0 saturated heterocycles. The van der Waals surface area contributed by atoms with E-state index in [0.717, 1.165) is 36.5 Å². The van der Waals surface area contributed by atoms with E-state index >= 15 is 0 Å². The first kappa shape index (κ1) is 25.3. The summed E-state index contributed by atoms with van der Waals surface area (Å²) in [6.45, 7) is -1.06. The van der Waals surface area contributed by atoms with Gasteiger partial charge in [-0.05, 0) is 87.4 Å². The van der Waals surface area contributed by atoms with Gasteiger partial charge in [0.2, 0.25) is 0 Å². The molecule has 4 atom stereocenters. The number of hydrogen-bond donors (Lipinski definition) is 0. The van der Waals surface area contributed by atoms with Crippen LogP contribution >= 0.6 is 0 Å². The molecule has 7 heteroatoms. The Bertz CT molecular complexity index is 814. The van der Waals surface area contributed by atoms with Gasteiger partial charge in [0.1, 0.15) is 5.75 Å². The Morgan fingerprint density at radius 3 is 2.06 bits per heavy atom. The normalized spacial score (nSPS) is 31.7. The lowest BCUT2D eigenvalue weighted by atomic mass is 9.60. The lowest BCUT2D eigenvalue weighted by molar-refractivity contribution is -0.140. The minimum absolute atomic E-state index is 0.305. The van der Waals surface area contributed by atoms with Crippen LogP contribution in [0, 0.1) is 47.1 Å². The van der Waals surface area contributed by atoms with Crippen molar-refractivity contribution in [3.63, 3.8) is 0 Å². The predicted molar refractivity (Wildman–Crippen MR) is 121 cm³/mol. The lowest BCUT2D eigenvalue weighted by Gasteiger charge is -2.45. The highest BCUT2D eigenvalue weighted by atomic mass is 19.3. The minimum Gasteiger partial charge on any atom is -0.429 e. The summed E-state index contributed by atoms with van der Waals surface area (Å²) in [7, 11) is 0. The third-order valence-corrected chi connectivity index (χ3v) is 8.63. The molecular weight excluding hydrogens is 448 g/mol. The van der Waals surface area contributed by atoms with Gasteiger partial charge < -0.3 is 9.47 Å². The molecule has 3 fully saturated rings. The van der Waals surface area contributed by atoms with Crippen molar-refractivity contribution in [1.29, 1.82) is 0 Å². The molecule has 190 valence electrons. The molecule has 0 aliphatic heterocycles. The number of halogens is 4. The lowest BCUT2D eigenvalue weighted by Crippen LogP contribution is -2.35. The van der Waals surface area contributed by atoms with Gasteiger partial charge in [-0.25, -0.2) is 8.78 Å². The van der Waals surface area contributed by atoms with Gasteiger partial charge in [-0.15, -0.1) is 0 Å². The van der Waals surface area contributed by atoms with Crippen LogP contribution in [0.1, 0.15) is 84.0 Å². The SMILES string of the molecule is CCCC1CCC2CC(C3CCC(C(=O)Oc4cc(F)c(OC(F)F)c(F)c4)CC3)CCC2C1. The van der Waals surface area contributed by atoms with Crippen LogP contribution in [0.4, 0.5) is 17.6 Å². The summed E-state index contributed by atoms with van der Waals surface area (Å²) in [5.41, 5.74) is 0. The summed E-state index contributed by atoms with van der Waals surface area (Å²) in [5.74, 6) is -0.896. The van der Waals surface area contributed by atoms with Crippen LogP contribution in [0.25, 0.3) is 0 Å². The van der Waals surface area contributed by atoms with Crippen LogP contribution in [0.2, 0.25) is 0 Å². The standard InChI is InChI=1S/C27H36F4O3/c1-2-3-16-4-5-21-13-20(11-10-19(21)12-16)17-6-8-18(9-7-17)26(32)33-22-14-23(28)25(24(29)15-22)34-27(30)31/h14-21,27H,2-13H2,1H3. The van der Waals surface area contributed by atoms with Crippen LogP contribution in [-0.2, 0) is 4.79 Å². The van der Waals surface area contributed by atoms with Gasteiger partial charge in [-0.3, -0.25) is 4.79 Å². The molecule has 4 rings (SSSR count). The van der Waals surface area contributed by atoms with Crippen molar-refractivity contribution in [2.45, 2.75) is 90.6 Å². The van der Waals surface area contributed by atoms with Crippen molar-refractivity contribution in [3.05, 3.63) is 23.8 Å². The first-order valence-electron chi connectivity index (χ1n) is 13.0. The van der Waals surface area contributed by atoms with Crippen molar-refractivity contribution in [3.8, 4) is 11.5 Å². The first-order valence-corrected chi connectivity index (χ1v) is 13.0. The summed E-state index contributed by atoms with van der Waals surface area (Å²) in [4.78, 5) is 12.6. The molecule has 1 aromatic carbocycles. The molecule has 3 saturated carbocycles. The highest BCUT2D eigenvalue weighted by Crippen LogP contribution is 2.49. The van der Waals surface area contributed by atoms with Crippen LogP contribution < -0.4 is 9.47 Å². The van der Waals surface area contributed by atoms with Crippen molar-refractivity contribution < 1.29 is 31.8 Å². The number of fused-ring (bicyclic) bond motifs is 1. The zero-order valence-corrected chi connectivity index (χ0v) is 19.9. The zero-order chi connectivity index (χ0) is 24.2. The van der Waals surface area contributed by atoms with E-state index in [4.69, 9.17) is 4.74 Å². The summed E-state index contributed by atoms with van der Waals surface area (Å²) in [5, 5.41) is 0. The van der Waals surface area contributed by atoms with Gasteiger partial charge >= 0.3 is 12.6 Å². The molecule has 0 heterocycles. The molecule has 3 nitrogen and oxygen atoms in total. The fraction of sp³-hybridized carbons (Fsp3) is 0.741. The molecule has 0 spiro atoms. The Labute approximate surface area is 199 Å². The zero-order valence-electron chi connectivity index (χ0n) is 19.9. The predicted octanol–water partition coefficient (Wildman–Crippen LogP) is 7.91. The van der Waals surface area contributed by atoms with E-state index in [1.807, 2.05) is 0 Å². The van der Waals surface area contributed by atoms with Gasteiger partial charge in [-0.2, -0.15) is 8.78 Å². The second kappa shape index (κ2) is 11.3. The Balaban J connectivity index is 1.25. The van der Waals surface area contributed by atoms with Crippen LogP contribution in [0.3, 0.4) is 0 Å². The Morgan fingerprint density at radius 2 is 1.44 bits per heavy atom. The molecular formula is C27H36F4O3. The molecule has 0 radical (unpaired) electrons. The van der Waals surface area contributed by atoms with E-state index in [1.54, 1.807) is 0 Å². The van der Waals surface area contributed by atoms with Crippen LogP contribution in [-0.4, -0.2) is 12.6 Å². The van der Waals surface area contributed by atoms with Crippen LogP contribution in [0.5, 0.6) is 11.5 Å². The van der Waals surface area contributed by atoms with E-state index in [2.05, 4.69) is 11.7 Å². The molecule has 3 aliphatic rings. The Morgan fingerprint density at radius 1 is 0.882 bits per heavy atom. The smallest absolute Gasteiger partial charge is 0.387 e. The highest BCUT2D eigenvalue weighted by molar-refractivity contribution is 5.75. The molecule has 0 amide bonds. The number of alkyl halides is 2. The van der Waals surface area contributed by atoms with E-state index in [0.29, 0.717) is 30.9 Å². The fourth-order valence-electron chi connectivity index (χ4n) is 6.94. The molecule has 4 unspecified atom stereocenters. The number of esters is 1. The second-order valence-corrected chi connectivity index (χ2v) is 10.7. The maximum atomic E-state index is 13.9. The molecule has 34 heavy (non-hydrogen) atoms. The molecule has 0 bridgehead atoms. The minimum atomic E-state index is -3.35. The third-order valence-electron chi connectivity index (χ3n) is 8.63. The van der Waals surface area contributed by atoms with Crippen LogP contribution in [0.15, 0.2) is 12.1 Å². The number of benzene rings is 1. The monoisotopic (exact) mass is 484 g/mol. The average Bonchev–Trinajstić information content (AvgIpc) is 2.81. The fourth-order valence-corrected chi connectivity index (χ4v) is 6.94. The average molecular weight is 485 g/mol. The Kier molecular flexibility index (Phi) is 8.41. The number of rotatable bonds is 7. The van der Waals surface area contributed by atoms with Gasteiger partial charge in [-0.1, -0.05) is 26.2 Å². The maximum Gasteiger partial charge on any atom is 0.387 e. The third kappa shape index (κ3) is 6.06. The van der Waals surface area contributed by atoms with Crippen molar-refractivity contribution in [2.75, 3.05) is 0 Å². The number of carbonyl (C=O) groups is 1. The quantitative estimate of drug-likeness (QED) is 0.224. The summed E-state index contributed by atoms with van der Waals surface area (Å²) in [6.07, 6.45) is 14.2. The van der Waals surface area contributed by atoms with Gasteiger partial charge in [0.05, 0.1) is 5.92 Å². The van der Waals surface area contributed by atoms with E-state index in [-0.39, 0.29) is 11.7 Å².